The van der Waals surface area contributed by atoms with Gasteiger partial charge in [0.15, 0.2) is 0 Å². The lowest BCUT2D eigenvalue weighted by molar-refractivity contribution is -0.0360. The molecule has 0 aliphatic carbocycles. The number of hydrogen-bond acceptors (Lipinski definition) is 0. The maximum atomic E-state index is 2.60. The molecule has 0 nitrogen and oxygen atoms in total. The van der Waals surface area contributed by atoms with E-state index in [-0.39, 0.29) is 0 Å². The molecule has 0 aromatic carbocycles. The highest BCUT2D eigenvalue weighted by atomic mass is 14.5. The summed E-state index contributed by atoms with van der Waals surface area (Å²) in [7, 11) is 0. The average Bonchev–Trinajstić information content (AvgIpc) is 2.91. The zero-order chi connectivity index (χ0) is 31.0. The van der Waals surface area contributed by atoms with Crippen LogP contribution in [-0.4, -0.2) is 0 Å². The summed E-state index contributed by atoms with van der Waals surface area (Å²) in [5.41, 5.74) is 1.42. The topological polar surface area (TPSA) is 0 Å². The van der Waals surface area contributed by atoms with E-state index in [1.54, 1.807) is 0 Å². The summed E-state index contributed by atoms with van der Waals surface area (Å²) in [6, 6.07) is 0. The minimum Gasteiger partial charge on any atom is -0.0916 e. The molecular weight excluding hydrogens is 480 g/mol. The summed E-state index contributed by atoms with van der Waals surface area (Å²) in [6.45, 7) is 34.0. The van der Waals surface area contributed by atoms with Crippen molar-refractivity contribution in [2.24, 2.45) is 45.3 Å². The van der Waals surface area contributed by atoms with Gasteiger partial charge in [-0.2, -0.15) is 0 Å². The van der Waals surface area contributed by atoms with Crippen LogP contribution in [0.2, 0.25) is 0 Å². The van der Waals surface area contributed by atoms with Crippen LogP contribution in [0.3, 0.4) is 0 Å². The van der Waals surface area contributed by atoms with Gasteiger partial charge in [0.05, 0.1) is 0 Å². The zero-order valence-electron chi connectivity index (χ0n) is 30.3. The van der Waals surface area contributed by atoms with Gasteiger partial charge in [-0.1, -0.05) is 151 Å². The normalized spacial score (nSPS) is 20.2. The molecule has 0 amide bonds. The molecule has 236 valence electrons. The molecule has 0 saturated heterocycles. The molecular formula is C40H76. The van der Waals surface area contributed by atoms with Gasteiger partial charge in [0.25, 0.3) is 0 Å². The van der Waals surface area contributed by atoms with E-state index in [1.165, 1.54) is 77.0 Å². The van der Waals surface area contributed by atoms with Crippen LogP contribution >= 0.6 is 0 Å². The van der Waals surface area contributed by atoms with Gasteiger partial charge in [0.2, 0.25) is 0 Å². The van der Waals surface area contributed by atoms with Gasteiger partial charge in [-0.05, 0) is 105 Å². The van der Waals surface area contributed by atoms with E-state index in [0.717, 1.165) is 11.8 Å². The predicted molar refractivity (Wildman–Crippen MR) is 186 cm³/mol. The van der Waals surface area contributed by atoms with Crippen molar-refractivity contribution >= 4 is 0 Å². The first-order valence-corrected chi connectivity index (χ1v) is 17.5. The van der Waals surface area contributed by atoms with Crippen molar-refractivity contribution < 1.29 is 0 Å². The first-order valence-electron chi connectivity index (χ1n) is 17.5. The lowest BCUT2D eigenvalue weighted by Crippen LogP contribution is -2.46. The zero-order valence-corrected chi connectivity index (χ0v) is 30.3. The Balaban J connectivity index is 5.13. The minimum atomic E-state index is 0.291. The van der Waals surface area contributed by atoms with E-state index < -0.39 is 0 Å². The molecule has 0 radical (unpaired) electrons. The predicted octanol–water partition coefficient (Wildman–Crippen LogP) is 14.0. The van der Waals surface area contributed by atoms with Crippen molar-refractivity contribution in [1.29, 1.82) is 0 Å². The molecule has 0 N–H and O–H groups in total. The van der Waals surface area contributed by atoms with Gasteiger partial charge in [-0.25, -0.2) is 0 Å². The lowest BCUT2D eigenvalue weighted by atomic mass is 9.51. The summed E-state index contributed by atoms with van der Waals surface area (Å²) in [6.07, 6.45) is 30.2. The average molecular weight is 557 g/mol. The Bertz CT molecular complexity index is 735. The number of hydrogen-bond donors (Lipinski definition) is 0. The molecule has 0 spiro atoms. The molecule has 0 saturated carbocycles. The van der Waals surface area contributed by atoms with Crippen molar-refractivity contribution in [1.82, 2.24) is 0 Å². The van der Waals surface area contributed by atoms with E-state index >= 15 is 0 Å². The molecule has 6 unspecified atom stereocenters. The summed E-state index contributed by atoms with van der Waals surface area (Å²) >= 11 is 0. The molecule has 40 heavy (non-hydrogen) atoms. The standard InChI is InChI=1S/C40H76/c1-15-21-31-39(13,35(18-4)28-17-3)32-38(12,19-5)30-26-24-22-23-25-29-36(33(7)8)40(14,20-6)37(10,11)34(9)27-16-2/h15-17,21,27-28,33-36H,18-20,22-26,29-32H2,1-14H3. The molecule has 0 bridgehead atoms. The Hall–Kier alpha value is -0.780. The molecule has 0 fully saturated rings. The maximum absolute atomic E-state index is 2.60. The van der Waals surface area contributed by atoms with E-state index in [2.05, 4.69) is 133 Å². The molecule has 0 aromatic rings. The van der Waals surface area contributed by atoms with Crippen LogP contribution in [0.4, 0.5) is 0 Å². The Morgan fingerprint density at radius 1 is 0.675 bits per heavy atom. The van der Waals surface area contributed by atoms with Gasteiger partial charge in [0, 0.05) is 0 Å². The van der Waals surface area contributed by atoms with Gasteiger partial charge in [0.1, 0.15) is 0 Å². The molecule has 0 aromatic heterocycles. The minimum absolute atomic E-state index is 0.291. The van der Waals surface area contributed by atoms with Crippen LogP contribution in [0.15, 0.2) is 36.5 Å². The van der Waals surface area contributed by atoms with Crippen LogP contribution in [0.5, 0.6) is 0 Å². The van der Waals surface area contributed by atoms with Crippen LogP contribution in [0, 0.1) is 45.3 Å². The number of allylic oxidation sites excluding steroid dienone is 6. The van der Waals surface area contributed by atoms with Crippen molar-refractivity contribution in [2.75, 3.05) is 0 Å². The van der Waals surface area contributed by atoms with Crippen LogP contribution in [0.25, 0.3) is 0 Å². The molecule has 6 atom stereocenters. The summed E-state index contributed by atoms with van der Waals surface area (Å²) < 4.78 is 0. The summed E-state index contributed by atoms with van der Waals surface area (Å²) in [5.74, 6) is 2.77. The summed E-state index contributed by atoms with van der Waals surface area (Å²) in [4.78, 5) is 0. The molecule has 0 heterocycles. The highest BCUT2D eigenvalue weighted by Crippen LogP contribution is 2.55. The third kappa shape index (κ3) is 11.1. The second-order valence-corrected chi connectivity index (χ2v) is 15.3. The van der Waals surface area contributed by atoms with Gasteiger partial charge in [-0.3, -0.25) is 0 Å². The first-order chi connectivity index (χ1) is 18.7. The monoisotopic (exact) mass is 557 g/mol. The second kappa shape index (κ2) is 18.7. The van der Waals surface area contributed by atoms with Crippen LogP contribution in [0.1, 0.15) is 174 Å². The molecule has 0 rings (SSSR count). The smallest absolute Gasteiger partial charge is 0.0179 e. The Kier molecular flexibility index (Phi) is 18.3. The first kappa shape index (κ1) is 39.2. The Morgan fingerprint density at radius 3 is 1.73 bits per heavy atom. The highest BCUT2D eigenvalue weighted by molar-refractivity contribution is 5.03. The third-order valence-electron chi connectivity index (χ3n) is 12.0. The van der Waals surface area contributed by atoms with E-state index in [0.29, 0.717) is 33.5 Å². The van der Waals surface area contributed by atoms with E-state index in [9.17, 15) is 0 Å². The fraction of sp³-hybridized carbons (Fsp3) is 0.850. The highest BCUT2D eigenvalue weighted by Gasteiger charge is 2.48. The third-order valence-corrected chi connectivity index (χ3v) is 12.0. The Morgan fingerprint density at radius 2 is 1.25 bits per heavy atom. The Labute approximate surface area is 255 Å². The molecule has 0 aliphatic rings. The van der Waals surface area contributed by atoms with Crippen molar-refractivity contribution in [3.05, 3.63) is 36.5 Å². The van der Waals surface area contributed by atoms with Crippen molar-refractivity contribution in [3.8, 4) is 0 Å². The van der Waals surface area contributed by atoms with Crippen molar-refractivity contribution in [2.45, 2.75) is 174 Å². The van der Waals surface area contributed by atoms with Crippen molar-refractivity contribution in [3.63, 3.8) is 0 Å². The van der Waals surface area contributed by atoms with Gasteiger partial charge < -0.3 is 0 Å². The molecule has 0 aliphatic heterocycles. The lowest BCUT2D eigenvalue weighted by Gasteiger charge is -2.53. The number of unbranched alkanes of at least 4 members (excludes halogenated alkanes) is 4. The van der Waals surface area contributed by atoms with Crippen LogP contribution in [-0.2, 0) is 0 Å². The summed E-state index contributed by atoms with van der Waals surface area (Å²) in [5, 5.41) is 0. The fourth-order valence-electron chi connectivity index (χ4n) is 8.28. The maximum Gasteiger partial charge on any atom is -0.0179 e. The fourth-order valence-corrected chi connectivity index (χ4v) is 8.28. The SMILES string of the molecule is CC=CCC(C)(CC(C)(CC)CCCCCCCC(C(C)C)C(C)(CC)C(C)(C)C(C)C=CC)C(C=CC)CC. The van der Waals surface area contributed by atoms with Gasteiger partial charge >= 0.3 is 0 Å². The number of rotatable bonds is 22. The largest absolute Gasteiger partial charge is 0.0916 e. The molecule has 0 heteroatoms. The second-order valence-electron chi connectivity index (χ2n) is 15.3. The van der Waals surface area contributed by atoms with E-state index in [1.807, 2.05) is 0 Å². The van der Waals surface area contributed by atoms with Crippen LogP contribution < -0.4 is 0 Å². The quantitative estimate of drug-likeness (QED) is 0.0918. The van der Waals surface area contributed by atoms with E-state index in [4.69, 9.17) is 0 Å². The van der Waals surface area contributed by atoms with Gasteiger partial charge in [-0.15, -0.1) is 0 Å².